The Morgan fingerprint density at radius 3 is 2.55 bits per heavy atom. The third-order valence-corrected chi connectivity index (χ3v) is 3.39. The monoisotopic (exact) mass is 262 g/mol. The number of amidine groups is 1. The summed E-state index contributed by atoms with van der Waals surface area (Å²) in [6.45, 7) is 2.13. The minimum absolute atomic E-state index is 0.353. The lowest BCUT2D eigenvalue weighted by atomic mass is 10.0. The molecule has 0 saturated heterocycles. The van der Waals surface area contributed by atoms with Crippen LogP contribution in [0.15, 0.2) is 71.7 Å². The predicted octanol–water partition coefficient (Wildman–Crippen LogP) is 4.51. The van der Waals surface area contributed by atoms with Crippen LogP contribution in [0.5, 0.6) is 0 Å². The first-order chi connectivity index (χ1) is 9.83. The number of hydrogen-bond donors (Lipinski definition) is 1. The molecular weight excluding hydrogens is 244 g/mol. The molecule has 100 valence electrons. The maximum Gasteiger partial charge on any atom is 0.125 e. The van der Waals surface area contributed by atoms with Gasteiger partial charge in [0.1, 0.15) is 5.84 Å². The van der Waals surface area contributed by atoms with Gasteiger partial charge in [0.15, 0.2) is 0 Å². The van der Waals surface area contributed by atoms with Crippen molar-refractivity contribution in [2.75, 3.05) is 5.32 Å². The van der Waals surface area contributed by atoms with E-state index >= 15 is 0 Å². The largest absolute Gasteiger partial charge is 0.340 e. The molecule has 1 unspecified atom stereocenters. The van der Waals surface area contributed by atoms with Crippen molar-refractivity contribution < 1.29 is 0 Å². The number of anilines is 1. The Balaban J connectivity index is 1.93. The van der Waals surface area contributed by atoms with Crippen LogP contribution >= 0.6 is 0 Å². The van der Waals surface area contributed by atoms with E-state index in [1.165, 1.54) is 11.1 Å². The topological polar surface area (TPSA) is 24.4 Å². The van der Waals surface area contributed by atoms with Crippen molar-refractivity contribution in [1.82, 2.24) is 0 Å². The van der Waals surface area contributed by atoms with E-state index in [9.17, 15) is 0 Å². The summed E-state index contributed by atoms with van der Waals surface area (Å²) >= 11 is 0. The molecule has 1 atom stereocenters. The summed E-state index contributed by atoms with van der Waals surface area (Å²) in [5.41, 5.74) is 3.50. The van der Waals surface area contributed by atoms with Gasteiger partial charge in [-0.3, -0.25) is 4.99 Å². The van der Waals surface area contributed by atoms with Gasteiger partial charge in [0.2, 0.25) is 0 Å². The number of nitrogens with one attached hydrogen (secondary N) is 1. The van der Waals surface area contributed by atoms with Crippen molar-refractivity contribution in [3.05, 3.63) is 66.7 Å². The predicted molar refractivity (Wildman–Crippen MR) is 86.2 cm³/mol. The molecule has 0 spiro atoms. The number of aliphatic imine (C=N–C) groups is 1. The molecule has 1 aliphatic heterocycles. The van der Waals surface area contributed by atoms with Gasteiger partial charge in [-0.2, -0.15) is 0 Å². The molecular formula is C18H18N2. The highest BCUT2D eigenvalue weighted by atomic mass is 15.0. The normalized spacial score (nSPS) is 17.6. The van der Waals surface area contributed by atoms with E-state index in [1.54, 1.807) is 0 Å². The lowest BCUT2D eigenvalue weighted by molar-refractivity contribution is 0.752. The fraction of sp³-hybridized carbons (Fsp3) is 0.167. The van der Waals surface area contributed by atoms with Crippen molar-refractivity contribution in [3.8, 4) is 11.1 Å². The van der Waals surface area contributed by atoms with E-state index in [2.05, 4.69) is 71.8 Å². The third kappa shape index (κ3) is 2.80. The van der Waals surface area contributed by atoms with Crippen LogP contribution < -0.4 is 5.32 Å². The Bertz CT molecular complexity index is 641. The molecule has 2 aromatic carbocycles. The molecule has 0 fully saturated rings. The van der Waals surface area contributed by atoms with Crippen LogP contribution in [0.3, 0.4) is 0 Å². The van der Waals surface area contributed by atoms with Crippen LogP contribution in [0.2, 0.25) is 0 Å². The zero-order valence-electron chi connectivity index (χ0n) is 11.6. The van der Waals surface area contributed by atoms with Crippen LogP contribution in [0, 0.1) is 0 Å². The molecule has 0 amide bonds. The van der Waals surface area contributed by atoms with Crippen molar-refractivity contribution >= 4 is 11.5 Å². The molecule has 1 heterocycles. The SMILES string of the molecule is CC1CC=CC(Nc2ccccc2-c2ccccc2)=N1. The van der Waals surface area contributed by atoms with E-state index in [4.69, 9.17) is 0 Å². The van der Waals surface area contributed by atoms with Crippen molar-refractivity contribution in [2.24, 2.45) is 4.99 Å². The summed E-state index contributed by atoms with van der Waals surface area (Å²) in [5.74, 6) is 0.937. The molecule has 0 bridgehead atoms. The Morgan fingerprint density at radius 1 is 1.00 bits per heavy atom. The fourth-order valence-electron chi connectivity index (χ4n) is 2.38. The summed E-state index contributed by atoms with van der Waals surface area (Å²) in [7, 11) is 0. The van der Waals surface area contributed by atoms with E-state index in [-0.39, 0.29) is 0 Å². The van der Waals surface area contributed by atoms with E-state index < -0.39 is 0 Å². The van der Waals surface area contributed by atoms with E-state index in [0.29, 0.717) is 6.04 Å². The van der Waals surface area contributed by atoms with Gasteiger partial charge in [-0.25, -0.2) is 0 Å². The number of nitrogens with zero attached hydrogens (tertiary/aromatic N) is 1. The quantitative estimate of drug-likeness (QED) is 0.846. The van der Waals surface area contributed by atoms with Gasteiger partial charge in [0, 0.05) is 11.3 Å². The summed E-state index contributed by atoms with van der Waals surface area (Å²) in [4.78, 5) is 4.63. The fourth-order valence-corrected chi connectivity index (χ4v) is 2.38. The minimum Gasteiger partial charge on any atom is -0.340 e. The highest BCUT2D eigenvalue weighted by molar-refractivity contribution is 6.06. The smallest absolute Gasteiger partial charge is 0.125 e. The molecule has 3 rings (SSSR count). The standard InChI is InChI=1S/C18H18N2/c1-14-8-7-13-18(19-14)20-17-12-6-5-11-16(17)15-9-3-2-4-10-15/h2-7,9-14H,8H2,1H3,(H,19,20). The second kappa shape index (κ2) is 5.74. The lowest BCUT2D eigenvalue weighted by Gasteiger charge is -2.16. The molecule has 0 saturated carbocycles. The van der Waals surface area contributed by atoms with Gasteiger partial charge < -0.3 is 5.32 Å². The second-order valence-corrected chi connectivity index (χ2v) is 5.04. The van der Waals surface area contributed by atoms with Crippen LogP contribution in [0.1, 0.15) is 13.3 Å². The maximum absolute atomic E-state index is 4.63. The minimum atomic E-state index is 0.353. The zero-order valence-corrected chi connectivity index (χ0v) is 11.6. The van der Waals surface area contributed by atoms with Gasteiger partial charge >= 0.3 is 0 Å². The Kier molecular flexibility index (Phi) is 3.64. The molecule has 0 aromatic heterocycles. The van der Waals surface area contributed by atoms with Crippen LogP contribution in [-0.2, 0) is 0 Å². The summed E-state index contributed by atoms with van der Waals surface area (Å²) in [6, 6.07) is 19.1. The number of rotatable bonds is 2. The van der Waals surface area contributed by atoms with E-state index in [1.807, 2.05) is 12.1 Å². The first-order valence-corrected chi connectivity index (χ1v) is 6.99. The lowest BCUT2D eigenvalue weighted by Crippen LogP contribution is -2.16. The summed E-state index contributed by atoms with van der Waals surface area (Å²) in [6.07, 6.45) is 5.25. The third-order valence-electron chi connectivity index (χ3n) is 3.39. The molecule has 2 heteroatoms. The van der Waals surface area contributed by atoms with Crippen LogP contribution in [-0.4, -0.2) is 11.9 Å². The van der Waals surface area contributed by atoms with Crippen molar-refractivity contribution in [1.29, 1.82) is 0 Å². The van der Waals surface area contributed by atoms with Gasteiger partial charge in [0.25, 0.3) is 0 Å². The van der Waals surface area contributed by atoms with Gasteiger partial charge in [-0.05, 0) is 31.1 Å². The molecule has 2 nitrogen and oxygen atoms in total. The molecule has 1 aliphatic rings. The number of dihydropyridines is 1. The van der Waals surface area contributed by atoms with Gasteiger partial charge in [-0.1, -0.05) is 54.6 Å². The highest BCUT2D eigenvalue weighted by Crippen LogP contribution is 2.27. The summed E-state index contributed by atoms with van der Waals surface area (Å²) in [5, 5.41) is 3.44. The number of hydrogen-bond acceptors (Lipinski definition) is 2. The maximum atomic E-state index is 4.63. The van der Waals surface area contributed by atoms with Gasteiger partial charge in [-0.15, -0.1) is 0 Å². The first-order valence-electron chi connectivity index (χ1n) is 6.99. The Labute approximate surface area is 119 Å². The van der Waals surface area contributed by atoms with Gasteiger partial charge in [0.05, 0.1) is 6.04 Å². The van der Waals surface area contributed by atoms with Crippen LogP contribution in [0.25, 0.3) is 11.1 Å². The van der Waals surface area contributed by atoms with Crippen molar-refractivity contribution in [2.45, 2.75) is 19.4 Å². The molecule has 2 aromatic rings. The second-order valence-electron chi connectivity index (χ2n) is 5.04. The average Bonchev–Trinajstić information content (AvgIpc) is 2.49. The first kappa shape index (κ1) is 12.7. The molecule has 20 heavy (non-hydrogen) atoms. The molecule has 1 N–H and O–H groups in total. The highest BCUT2D eigenvalue weighted by Gasteiger charge is 2.08. The number of para-hydroxylation sites is 1. The number of benzene rings is 2. The Morgan fingerprint density at radius 2 is 1.75 bits per heavy atom. The van der Waals surface area contributed by atoms with E-state index in [0.717, 1.165) is 17.9 Å². The summed E-state index contributed by atoms with van der Waals surface area (Å²) < 4.78 is 0. The average molecular weight is 262 g/mol. The van der Waals surface area contributed by atoms with Crippen LogP contribution in [0.4, 0.5) is 5.69 Å². The van der Waals surface area contributed by atoms with Crippen molar-refractivity contribution in [3.63, 3.8) is 0 Å². The Hall–Kier alpha value is -2.35. The molecule has 0 aliphatic carbocycles. The molecule has 0 radical (unpaired) electrons. The zero-order chi connectivity index (χ0) is 13.8.